The van der Waals surface area contributed by atoms with E-state index in [2.05, 4.69) is 160 Å². The topological polar surface area (TPSA) is 111 Å². The number of aliphatic carboxylic acids is 1. The monoisotopic (exact) mass is 1210 g/mol. The smallest absolute Gasteiger partial charge is 0.306 e. The highest BCUT2D eigenvalue weighted by atomic mass is 16.7. The van der Waals surface area contributed by atoms with Crippen LogP contribution in [0, 0.1) is 0 Å². The van der Waals surface area contributed by atoms with Gasteiger partial charge in [-0.05, 0) is 122 Å². The minimum Gasteiger partial charge on any atom is -0.545 e. The maximum atomic E-state index is 12.9. The molecule has 2 atom stereocenters. The van der Waals surface area contributed by atoms with Crippen LogP contribution in [0.25, 0.3) is 0 Å². The van der Waals surface area contributed by atoms with Crippen molar-refractivity contribution in [3.63, 3.8) is 0 Å². The number of carboxylic acid groups (broad SMARTS) is 1. The Morgan fingerprint density at radius 3 is 0.977 bits per heavy atom. The Morgan fingerprint density at radius 2 is 0.655 bits per heavy atom. The van der Waals surface area contributed by atoms with Crippen molar-refractivity contribution in [3.8, 4) is 0 Å². The second kappa shape index (κ2) is 67.1. The predicted octanol–water partition coefficient (Wildman–Crippen LogP) is 20.6. The van der Waals surface area contributed by atoms with Crippen LogP contribution >= 0.6 is 0 Å². The third-order valence-electron chi connectivity index (χ3n) is 14.6. The van der Waals surface area contributed by atoms with E-state index in [1.165, 1.54) is 109 Å². The summed E-state index contributed by atoms with van der Waals surface area (Å²) < 4.78 is 22.8. The number of carboxylic acids is 1. The fourth-order valence-corrected chi connectivity index (χ4v) is 9.24. The van der Waals surface area contributed by atoms with Gasteiger partial charge in [-0.1, -0.05) is 282 Å². The summed E-state index contributed by atoms with van der Waals surface area (Å²) in [6, 6.07) is 0. The number of rotatable bonds is 63. The zero-order chi connectivity index (χ0) is 63.3. The molecule has 0 saturated heterocycles. The van der Waals surface area contributed by atoms with Crippen LogP contribution in [-0.4, -0.2) is 82.3 Å². The summed E-state index contributed by atoms with van der Waals surface area (Å²) in [5, 5.41) is 11.8. The zero-order valence-electron chi connectivity index (χ0n) is 56.3. The van der Waals surface area contributed by atoms with Gasteiger partial charge in [-0.15, -0.1) is 0 Å². The Morgan fingerprint density at radius 1 is 0.356 bits per heavy atom. The van der Waals surface area contributed by atoms with Gasteiger partial charge in [0.15, 0.2) is 12.4 Å². The van der Waals surface area contributed by atoms with Crippen molar-refractivity contribution in [3.05, 3.63) is 146 Å². The van der Waals surface area contributed by atoms with E-state index in [0.717, 1.165) is 128 Å². The summed E-state index contributed by atoms with van der Waals surface area (Å²) in [6.45, 7) is 4.61. The van der Waals surface area contributed by atoms with Gasteiger partial charge in [0.05, 0.1) is 40.3 Å². The highest BCUT2D eigenvalue weighted by molar-refractivity contribution is 5.70. The number of esters is 2. The first-order valence-electron chi connectivity index (χ1n) is 35.0. The van der Waals surface area contributed by atoms with Crippen LogP contribution < -0.4 is 5.11 Å². The van der Waals surface area contributed by atoms with Gasteiger partial charge in [-0.25, -0.2) is 0 Å². The Bertz CT molecular complexity index is 1940. The van der Waals surface area contributed by atoms with Crippen molar-refractivity contribution in [2.24, 2.45) is 0 Å². The molecule has 0 aliphatic carbocycles. The van der Waals surface area contributed by atoms with Gasteiger partial charge in [0.2, 0.25) is 0 Å². The lowest BCUT2D eigenvalue weighted by atomic mass is 10.0. The normalized spacial score (nSPS) is 13.6. The maximum Gasteiger partial charge on any atom is 0.306 e. The van der Waals surface area contributed by atoms with Crippen LogP contribution in [0.15, 0.2) is 146 Å². The second-order valence-electron chi connectivity index (χ2n) is 24.1. The first kappa shape index (κ1) is 82.2. The molecule has 9 nitrogen and oxygen atoms in total. The van der Waals surface area contributed by atoms with Crippen LogP contribution in [-0.2, 0) is 33.3 Å². The molecule has 0 radical (unpaired) electrons. The number of nitrogens with zero attached hydrogens (tertiary/aromatic N) is 1. The molecule has 87 heavy (non-hydrogen) atoms. The third-order valence-corrected chi connectivity index (χ3v) is 14.6. The van der Waals surface area contributed by atoms with Crippen molar-refractivity contribution < 1.29 is 42.9 Å². The lowest BCUT2D eigenvalue weighted by Crippen LogP contribution is -2.44. The minimum absolute atomic E-state index is 0.137. The number of unbranched alkanes of at least 4 members (excludes halogenated alkanes) is 24. The lowest BCUT2D eigenvalue weighted by Gasteiger charge is -2.26. The third kappa shape index (κ3) is 68.5. The van der Waals surface area contributed by atoms with E-state index in [-0.39, 0.29) is 38.6 Å². The van der Waals surface area contributed by atoms with Gasteiger partial charge in [0, 0.05) is 12.8 Å². The fourth-order valence-electron chi connectivity index (χ4n) is 9.24. The molecule has 0 aromatic heterocycles. The number of hydrogen-bond donors (Lipinski definition) is 0. The highest BCUT2D eigenvalue weighted by Gasteiger charge is 2.22. The summed E-state index contributed by atoms with van der Waals surface area (Å²) in [5.41, 5.74) is 0. The zero-order valence-corrected chi connectivity index (χ0v) is 56.3. The molecule has 2 unspecified atom stereocenters. The number of ether oxygens (including phenoxy) is 4. The van der Waals surface area contributed by atoms with E-state index in [0.29, 0.717) is 17.4 Å². The van der Waals surface area contributed by atoms with E-state index in [9.17, 15) is 19.5 Å². The fraction of sp³-hybridized carbons (Fsp3) is 0.654. The SMILES string of the molecule is CC/C=C\C/C=C\C/C=C\C/C=C\C/C=C\C/C=C\C/C=C\C/C=C\C/C=C\C/C=C\CCCCCCCCC(=O)OC(COC(=O)CCCCCCCCCCCCCCC/C=C\C/C=C\CCCCCCC)COC(OCC[N+](C)(C)C)C(=O)[O-]. The molecule has 0 aromatic rings. The molecule has 0 spiro atoms. The number of hydrogen-bond acceptors (Lipinski definition) is 8. The van der Waals surface area contributed by atoms with Crippen molar-refractivity contribution in [2.45, 2.75) is 283 Å². The number of quaternary nitrogens is 1. The van der Waals surface area contributed by atoms with E-state index >= 15 is 0 Å². The summed E-state index contributed by atoms with van der Waals surface area (Å²) in [5.74, 6) is -2.31. The highest BCUT2D eigenvalue weighted by Crippen LogP contribution is 2.16. The van der Waals surface area contributed by atoms with Gasteiger partial charge < -0.3 is 33.3 Å². The molecular formula is C78H129NO8. The molecule has 494 valence electrons. The molecule has 0 heterocycles. The maximum absolute atomic E-state index is 12.9. The summed E-state index contributed by atoms with van der Waals surface area (Å²) >= 11 is 0. The van der Waals surface area contributed by atoms with E-state index < -0.39 is 24.3 Å². The second-order valence-corrected chi connectivity index (χ2v) is 24.1. The average Bonchev–Trinajstić information content (AvgIpc) is 3.57. The van der Waals surface area contributed by atoms with Crippen LogP contribution in [0.4, 0.5) is 0 Å². The predicted molar refractivity (Wildman–Crippen MR) is 370 cm³/mol. The van der Waals surface area contributed by atoms with Gasteiger partial charge >= 0.3 is 11.9 Å². The Labute approximate surface area is 534 Å². The Hall–Kier alpha value is -4.83. The first-order valence-corrected chi connectivity index (χ1v) is 35.0. The molecule has 0 saturated carbocycles. The van der Waals surface area contributed by atoms with Crippen molar-refractivity contribution in [2.75, 3.05) is 47.5 Å². The molecule has 0 amide bonds. The van der Waals surface area contributed by atoms with Crippen LogP contribution in [0.3, 0.4) is 0 Å². The lowest BCUT2D eigenvalue weighted by molar-refractivity contribution is -0.870. The standard InChI is InChI=1S/C78H129NO8/c1-6-8-10-12-14-16-18-20-22-24-26-28-30-32-33-34-35-36-37-38-39-40-41-42-43-45-47-49-51-53-55-57-59-61-63-65-67-69-76(81)87-74(73-86-78(77(82)83)84-71-70-79(3,4)5)72-85-75(80)68-66-64-62-60-58-56-54-52-50-48-46-44-31-29-27-25-23-21-19-17-15-13-11-9-7-2/h8,10,14,16,19-22,25-28,32-33,35-36,38-39,41-42,45,47,51,53,74,78H,6-7,9,11-13,15,17-18,23-24,29-31,34,37,40,43-44,46,48-50,52,54-73H2,1-5H3/b10-8-,16-14-,21-19-,22-20-,27-25-,28-26-,33-32-,36-35-,39-38-,42-41-,47-45-,53-51-. The first-order chi connectivity index (χ1) is 42.6. The Kier molecular flexibility index (Phi) is 63.4. The molecule has 0 fully saturated rings. The molecular weight excluding hydrogens is 1080 g/mol. The minimum atomic E-state index is -1.64. The number of likely N-dealkylation sites (N-methyl/N-ethyl adjacent to an activating group) is 1. The van der Waals surface area contributed by atoms with Crippen LogP contribution in [0.5, 0.6) is 0 Å². The molecule has 0 bridgehead atoms. The number of allylic oxidation sites excluding steroid dienone is 24. The van der Waals surface area contributed by atoms with Gasteiger partial charge in [-0.2, -0.15) is 0 Å². The van der Waals surface area contributed by atoms with Crippen LogP contribution in [0.1, 0.15) is 271 Å². The molecule has 0 aliphatic heterocycles. The number of carbonyl (C=O) groups excluding carboxylic acids is 3. The van der Waals surface area contributed by atoms with Crippen LogP contribution in [0.2, 0.25) is 0 Å². The molecule has 9 heteroatoms. The van der Waals surface area contributed by atoms with Crippen molar-refractivity contribution >= 4 is 17.9 Å². The van der Waals surface area contributed by atoms with E-state index in [1.807, 2.05) is 21.1 Å². The average molecular weight is 1210 g/mol. The summed E-state index contributed by atoms with van der Waals surface area (Å²) in [6.07, 6.45) is 94.9. The summed E-state index contributed by atoms with van der Waals surface area (Å²) in [4.78, 5) is 37.5. The van der Waals surface area contributed by atoms with Gasteiger partial charge in [-0.3, -0.25) is 9.59 Å². The van der Waals surface area contributed by atoms with Gasteiger partial charge in [0.1, 0.15) is 13.2 Å². The van der Waals surface area contributed by atoms with Crippen molar-refractivity contribution in [1.29, 1.82) is 0 Å². The molecule has 0 N–H and O–H groups in total. The quantitative estimate of drug-likeness (QED) is 0.0195. The molecule has 0 rings (SSSR count). The summed E-state index contributed by atoms with van der Waals surface area (Å²) in [7, 11) is 5.92. The van der Waals surface area contributed by atoms with E-state index in [4.69, 9.17) is 18.9 Å². The molecule has 0 aliphatic rings. The molecule has 0 aromatic carbocycles. The number of carbonyl (C=O) groups is 3. The van der Waals surface area contributed by atoms with Crippen molar-refractivity contribution in [1.82, 2.24) is 0 Å². The van der Waals surface area contributed by atoms with Gasteiger partial charge in [0.25, 0.3) is 0 Å². The Balaban J connectivity index is 4.22. The van der Waals surface area contributed by atoms with E-state index in [1.54, 1.807) is 0 Å². The largest absolute Gasteiger partial charge is 0.545 e.